The van der Waals surface area contributed by atoms with Crippen LogP contribution < -0.4 is 5.32 Å². The average molecular weight is 366 g/mol. The lowest BCUT2D eigenvalue weighted by molar-refractivity contribution is -0.117. The molecule has 0 bridgehead atoms. The zero-order chi connectivity index (χ0) is 19.5. The Morgan fingerprint density at radius 2 is 1.64 bits per heavy atom. The number of rotatable bonds is 4. The van der Waals surface area contributed by atoms with E-state index in [1.807, 2.05) is 74.6 Å². The van der Waals surface area contributed by atoms with Gasteiger partial charge in [0.1, 0.15) is 0 Å². The zero-order valence-corrected chi connectivity index (χ0v) is 16.0. The van der Waals surface area contributed by atoms with E-state index in [1.165, 1.54) is 0 Å². The lowest BCUT2D eigenvalue weighted by Crippen LogP contribution is -2.19. The fourth-order valence-corrected chi connectivity index (χ4v) is 3.49. The number of hydrogen-bond acceptors (Lipinski definition) is 2. The first-order valence-electron chi connectivity index (χ1n) is 9.43. The van der Waals surface area contributed by atoms with Gasteiger partial charge in [-0.1, -0.05) is 54.6 Å². The van der Waals surface area contributed by atoms with Crippen LogP contribution in [0, 0.1) is 6.92 Å². The van der Waals surface area contributed by atoms with E-state index in [0.29, 0.717) is 0 Å². The number of hydrogen-bond donors (Lipinski definition) is 1. The quantitative estimate of drug-likeness (QED) is 0.485. The van der Waals surface area contributed by atoms with Crippen molar-refractivity contribution in [1.82, 2.24) is 4.98 Å². The molecule has 28 heavy (non-hydrogen) atoms. The van der Waals surface area contributed by atoms with E-state index in [0.717, 1.165) is 38.8 Å². The van der Waals surface area contributed by atoms with Gasteiger partial charge in [0.05, 0.1) is 5.92 Å². The molecule has 3 nitrogen and oxygen atoms in total. The van der Waals surface area contributed by atoms with Crippen LogP contribution in [-0.4, -0.2) is 10.9 Å². The van der Waals surface area contributed by atoms with Crippen molar-refractivity contribution in [2.75, 3.05) is 5.32 Å². The molecule has 1 aromatic heterocycles. The molecule has 0 saturated heterocycles. The largest absolute Gasteiger partial charge is 0.326 e. The van der Waals surface area contributed by atoms with Crippen LogP contribution in [0.25, 0.3) is 21.9 Å². The fraction of sp³-hybridized carbons (Fsp3) is 0.120. The Morgan fingerprint density at radius 3 is 2.43 bits per heavy atom. The molecule has 0 saturated carbocycles. The normalized spacial score (nSPS) is 11.9. The van der Waals surface area contributed by atoms with Crippen LogP contribution >= 0.6 is 0 Å². The third kappa shape index (κ3) is 3.65. The van der Waals surface area contributed by atoms with E-state index in [-0.39, 0.29) is 11.8 Å². The van der Waals surface area contributed by atoms with Crippen molar-refractivity contribution in [3.63, 3.8) is 0 Å². The maximum Gasteiger partial charge on any atom is 0.231 e. The molecule has 1 amide bonds. The number of nitrogens with zero attached hydrogens (tertiary/aromatic N) is 1. The molecular formula is C25H22N2O. The number of aromatic nitrogens is 1. The summed E-state index contributed by atoms with van der Waals surface area (Å²) in [5.74, 6) is -0.252. The molecular weight excluding hydrogens is 344 g/mol. The second-order valence-corrected chi connectivity index (χ2v) is 7.04. The molecule has 0 spiro atoms. The summed E-state index contributed by atoms with van der Waals surface area (Å²) in [6.07, 6.45) is 1.81. The summed E-state index contributed by atoms with van der Waals surface area (Å²) >= 11 is 0. The van der Waals surface area contributed by atoms with Crippen LogP contribution in [0.4, 0.5) is 5.69 Å². The van der Waals surface area contributed by atoms with Gasteiger partial charge in [-0.3, -0.25) is 9.78 Å². The first-order chi connectivity index (χ1) is 13.6. The fourth-order valence-electron chi connectivity index (χ4n) is 3.49. The van der Waals surface area contributed by atoms with Crippen molar-refractivity contribution in [1.29, 1.82) is 0 Å². The van der Waals surface area contributed by atoms with Crippen molar-refractivity contribution in [2.24, 2.45) is 0 Å². The molecule has 0 aliphatic rings. The Labute approximate surface area is 165 Å². The molecule has 1 N–H and O–H groups in total. The van der Waals surface area contributed by atoms with Gasteiger partial charge in [0.2, 0.25) is 5.91 Å². The molecule has 4 rings (SSSR count). The highest BCUT2D eigenvalue weighted by molar-refractivity contribution is 5.99. The predicted molar refractivity (Wildman–Crippen MR) is 115 cm³/mol. The zero-order valence-electron chi connectivity index (χ0n) is 16.0. The number of pyridine rings is 1. The van der Waals surface area contributed by atoms with Crippen LogP contribution in [0.1, 0.15) is 24.1 Å². The number of aryl methyl sites for hydroxylation is 1. The molecule has 3 aromatic carbocycles. The SMILES string of the molecule is Cc1cc(-c2ccc(NC(=O)C(C)c3cccc4ccccc34)cc2)ccn1. The molecule has 138 valence electrons. The van der Waals surface area contributed by atoms with E-state index in [4.69, 9.17) is 0 Å². The number of fused-ring (bicyclic) bond motifs is 1. The molecule has 0 aliphatic carbocycles. The van der Waals surface area contributed by atoms with Crippen LogP contribution in [-0.2, 0) is 4.79 Å². The number of anilines is 1. The van der Waals surface area contributed by atoms with Crippen LogP contribution in [0.3, 0.4) is 0 Å². The van der Waals surface area contributed by atoms with Crippen molar-refractivity contribution in [3.05, 3.63) is 96.3 Å². The molecule has 4 aromatic rings. The summed E-state index contributed by atoms with van der Waals surface area (Å²) < 4.78 is 0. The van der Waals surface area contributed by atoms with Gasteiger partial charge in [-0.2, -0.15) is 0 Å². The Balaban J connectivity index is 1.53. The highest BCUT2D eigenvalue weighted by atomic mass is 16.1. The molecule has 0 radical (unpaired) electrons. The van der Waals surface area contributed by atoms with Crippen LogP contribution in [0.5, 0.6) is 0 Å². The summed E-state index contributed by atoms with van der Waals surface area (Å²) in [5, 5.41) is 5.31. The predicted octanol–water partition coefficient (Wildman–Crippen LogP) is 5.95. The van der Waals surface area contributed by atoms with Gasteiger partial charge < -0.3 is 5.32 Å². The first kappa shape index (κ1) is 17.9. The van der Waals surface area contributed by atoms with Gasteiger partial charge in [-0.25, -0.2) is 0 Å². The van der Waals surface area contributed by atoms with Gasteiger partial charge >= 0.3 is 0 Å². The minimum atomic E-state index is -0.242. The summed E-state index contributed by atoms with van der Waals surface area (Å²) in [4.78, 5) is 17.1. The number of amides is 1. The van der Waals surface area contributed by atoms with Gasteiger partial charge in [0.15, 0.2) is 0 Å². The lowest BCUT2D eigenvalue weighted by atomic mass is 9.94. The van der Waals surface area contributed by atoms with E-state index >= 15 is 0 Å². The smallest absolute Gasteiger partial charge is 0.231 e. The van der Waals surface area contributed by atoms with Crippen molar-refractivity contribution >= 4 is 22.4 Å². The molecule has 0 fully saturated rings. The molecule has 0 aliphatic heterocycles. The topological polar surface area (TPSA) is 42.0 Å². The van der Waals surface area contributed by atoms with Crippen molar-refractivity contribution in [3.8, 4) is 11.1 Å². The van der Waals surface area contributed by atoms with E-state index < -0.39 is 0 Å². The maximum atomic E-state index is 12.8. The summed E-state index contributed by atoms with van der Waals surface area (Å²) in [6.45, 7) is 3.93. The lowest BCUT2D eigenvalue weighted by Gasteiger charge is -2.15. The minimum absolute atomic E-state index is 0.0103. The maximum absolute atomic E-state index is 12.8. The van der Waals surface area contributed by atoms with Gasteiger partial charge in [0.25, 0.3) is 0 Å². The van der Waals surface area contributed by atoms with Crippen molar-refractivity contribution < 1.29 is 4.79 Å². The second kappa shape index (κ2) is 7.65. The van der Waals surface area contributed by atoms with Gasteiger partial charge in [-0.15, -0.1) is 0 Å². The summed E-state index contributed by atoms with van der Waals surface area (Å²) in [6, 6.07) is 26.2. The molecule has 1 unspecified atom stereocenters. The molecule has 1 heterocycles. The van der Waals surface area contributed by atoms with Gasteiger partial charge in [0, 0.05) is 17.6 Å². The second-order valence-electron chi connectivity index (χ2n) is 7.04. The average Bonchev–Trinajstić information content (AvgIpc) is 2.73. The Bertz CT molecular complexity index is 1130. The third-order valence-electron chi connectivity index (χ3n) is 5.07. The highest BCUT2D eigenvalue weighted by Crippen LogP contribution is 2.27. The molecule has 3 heteroatoms. The number of carbonyl (C=O) groups excluding carboxylic acids is 1. The number of nitrogens with one attached hydrogen (secondary N) is 1. The Kier molecular flexibility index (Phi) is 4.90. The van der Waals surface area contributed by atoms with Crippen LogP contribution in [0.15, 0.2) is 85.1 Å². The van der Waals surface area contributed by atoms with E-state index in [2.05, 4.69) is 34.6 Å². The van der Waals surface area contributed by atoms with Crippen molar-refractivity contribution in [2.45, 2.75) is 19.8 Å². The number of carbonyl (C=O) groups is 1. The Morgan fingerprint density at radius 1 is 0.893 bits per heavy atom. The first-order valence-corrected chi connectivity index (χ1v) is 9.43. The van der Waals surface area contributed by atoms with E-state index in [1.54, 1.807) is 0 Å². The Hall–Kier alpha value is -3.46. The minimum Gasteiger partial charge on any atom is -0.326 e. The highest BCUT2D eigenvalue weighted by Gasteiger charge is 2.17. The third-order valence-corrected chi connectivity index (χ3v) is 5.07. The monoisotopic (exact) mass is 366 g/mol. The molecule has 1 atom stereocenters. The van der Waals surface area contributed by atoms with Gasteiger partial charge in [-0.05, 0) is 65.6 Å². The summed E-state index contributed by atoms with van der Waals surface area (Å²) in [7, 11) is 0. The van der Waals surface area contributed by atoms with Crippen LogP contribution in [0.2, 0.25) is 0 Å². The summed E-state index contributed by atoms with van der Waals surface area (Å²) in [5.41, 5.74) is 5.05. The standard InChI is InChI=1S/C25H22N2O/c1-17-16-21(14-15-26-17)19-10-12-22(13-11-19)27-25(28)18(2)23-9-5-7-20-6-3-4-8-24(20)23/h3-16,18H,1-2H3,(H,27,28). The van der Waals surface area contributed by atoms with E-state index in [9.17, 15) is 4.79 Å². The number of benzene rings is 3.